The molecule has 1 unspecified atom stereocenters. The molecular formula is C13H18N6O2S. The van der Waals surface area contributed by atoms with E-state index in [1.807, 2.05) is 13.8 Å². The van der Waals surface area contributed by atoms with Crippen LogP contribution < -0.4 is 5.73 Å². The number of amides is 1. The largest absolute Gasteiger partial charge is 0.368 e. The maximum absolute atomic E-state index is 11.3. The Hall–Kier alpha value is -1.90. The highest BCUT2D eigenvalue weighted by Gasteiger charge is 2.31. The molecule has 1 fully saturated rings. The van der Waals surface area contributed by atoms with Gasteiger partial charge in [0, 0.05) is 12.3 Å². The first-order chi connectivity index (χ1) is 10.6. The van der Waals surface area contributed by atoms with E-state index in [0.717, 1.165) is 25.1 Å². The molecule has 9 heteroatoms. The lowest BCUT2D eigenvalue weighted by Crippen LogP contribution is -2.20. The van der Waals surface area contributed by atoms with Crippen molar-refractivity contribution in [2.75, 3.05) is 0 Å². The molecule has 118 valence electrons. The topological polar surface area (TPSA) is 113 Å². The van der Waals surface area contributed by atoms with Crippen LogP contribution in [0.1, 0.15) is 55.4 Å². The van der Waals surface area contributed by atoms with Gasteiger partial charge in [-0.3, -0.25) is 9.36 Å². The Morgan fingerprint density at radius 2 is 2.27 bits per heavy atom. The van der Waals surface area contributed by atoms with E-state index in [2.05, 4.69) is 20.3 Å². The van der Waals surface area contributed by atoms with Gasteiger partial charge >= 0.3 is 0 Å². The van der Waals surface area contributed by atoms with Crippen molar-refractivity contribution in [3.63, 3.8) is 0 Å². The van der Waals surface area contributed by atoms with E-state index >= 15 is 0 Å². The van der Waals surface area contributed by atoms with Crippen molar-refractivity contribution in [3.8, 4) is 0 Å². The molecule has 0 bridgehead atoms. The highest BCUT2D eigenvalue weighted by Crippen LogP contribution is 2.41. The molecular weight excluding hydrogens is 304 g/mol. The average Bonchev–Trinajstić information content (AvgIpc) is 3.08. The summed E-state index contributed by atoms with van der Waals surface area (Å²) in [6.07, 6.45) is 2.89. The molecule has 2 heterocycles. The molecule has 8 nitrogen and oxygen atoms in total. The molecule has 3 rings (SSSR count). The minimum atomic E-state index is -0.401. The van der Waals surface area contributed by atoms with Gasteiger partial charge in [0.2, 0.25) is 11.8 Å². The van der Waals surface area contributed by atoms with Gasteiger partial charge in [0.15, 0.2) is 11.0 Å². The molecule has 1 atom stereocenters. The highest BCUT2D eigenvalue weighted by atomic mass is 32.2. The maximum atomic E-state index is 11.3. The van der Waals surface area contributed by atoms with Crippen molar-refractivity contribution in [2.24, 2.45) is 5.73 Å². The number of rotatable bonds is 7. The van der Waals surface area contributed by atoms with Gasteiger partial charge < -0.3 is 10.3 Å². The number of carbonyl (C=O) groups is 1. The monoisotopic (exact) mass is 322 g/mol. The lowest BCUT2D eigenvalue weighted by atomic mass is 10.4. The van der Waals surface area contributed by atoms with Crippen LogP contribution in [0.4, 0.5) is 0 Å². The smallest absolute Gasteiger partial charge is 0.239 e. The van der Waals surface area contributed by atoms with E-state index in [1.165, 1.54) is 11.8 Å². The van der Waals surface area contributed by atoms with Crippen LogP contribution in [-0.2, 0) is 17.8 Å². The first kappa shape index (κ1) is 15.0. The van der Waals surface area contributed by atoms with Crippen LogP contribution in [-0.4, -0.2) is 30.8 Å². The molecule has 22 heavy (non-hydrogen) atoms. The summed E-state index contributed by atoms with van der Waals surface area (Å²) in [5.74, 6) is 2.06. The van der Waals surface area contributed by atoms with E-state index < -0.39 is 5.91 Å². The SMILES string of the molecule is CCc1noc(C(C)Sc2nnc(C3CC3)n2CC(N)=O)n1. The van der Waals surface area contributed by atoms with Crippen molar-refractivity contribution in [3.05, 3.63) is 17.5 Å². The molecule has 1 saturated carbocycles. The van der Waals surface area contributed by atoms with Crippen LogP contribution in [0.5, 0.6) is 0 Å². The van der Waals surface area contributed by atoms with Gasteiger partial charge in [-0.1, -0.05) is 23.8 Å². The molecule has 2 aromatic rings. The first-order valence-corrected chi connectivity index (χ1v) is 8.17. The van der Waals surface area contributed by atoms with Gasteiger partial charge in [0.05, 0.1) is 5.25 Å². The van der Waals surface area contributed by atoms with Gasteiger partial charge in [-0.2, -0.15) is 4.98 Å². The summed E-state index contributed by atoms with van der Waals surface area (Å²) >= 11 is 1.44. The molecule has 2 aromatic heterocycles. The summed E-state index contributed by atoms with van der Waals surface area (Å²) in [7, 11) is 0. The Bertz CT molecular complexity index is 678. The summed E-state index contributed by atoms with van der Waals surface area (Å²) in [5.41, 5.74) is 5.34. The Kier molecular flexibility index (Phi) is 4.14. The number of carbonyl (C=O) groups excluding carboxylic acids is 1. The Morgan fingerprint density at radius 1 is 1.50 bits per heavy atom. The van der Waals surface area contributed by atoms with Crippen molar-refractivity contribution < 1.29 is 9.32 Å². The van der Waals surface area contributed by atoms with Crippen molar-refractivity contribution >= 4 is 17.7 Å². The maximum Gasteiger partial charge on any atom is 0.239 e. The third-order valence-corrected chi connectivity index (χ3v) is 4.50. The summed E-state index contributed by atoms with van der Waals surface area (Å²) in [4.78, 5) is 15.6. The average molecular weight is 322 g/mol. The molecule has 0 aliphatic heterocycles. The number of hydrogen-bond acceptors (Lipinski definition) is 7. The molecule has 1 aliphatic carbocycles. The Balaban J connectivity index is 1.80. The third-order valence-electron chi connectivity index (χ3n) is 3.43. The minimum Gasteiger partial charge on any atom is -0.368 e. The van der Waals surface area contributed by atoms with Crippen LogP contribution >= 0.6 is 11.8 Å². The summed E-state index contributed by atoms with van der Waals surface area (Å²) < 4.78 is 7.05. The molecule has 0 saturated heterocycles. The predicted molar refractivity (Wildman–Crippen MR) is 79.1 cm³/mol. The molecule has 1 aliphatic rings. The Labute approximate surface area is 131 Å². The second kappa shape index (κ2) is 6.07. The van der Waals surface area contributed by atoms with Crippen LogP contribution in [0, 0.1) is 0 Å². The molecule has 1 amide bonds. The van der Waals surface area contributed by atoms with Crippen molar-refractivity contribution in [2.45, 2.75) is 56.0 Å². The fourth-order valence-corrected chi connectivity index (χ4v) is 3.01. The van der Waals surface area contributed by atoms with E-state index in [-0.39, 0.29) is 11.8 Å². The standard InChI is InChI=1S/C13H18N6O2S/c1-3-10-15-12(21-18-10)7(2)22-13-17-16-11(8-4-5-8)19(13)6-9(14)20/h7-8H,3-6H2,1-2H3,(H2,14,20). The number of nitrogens with two attached hydrogens (primary N) is 1. The van der Waals surface area contributed by atoms with Gasteiger partial charge in [-0.15, -0.1) is 10.2 Å². The van der Waals surface area contributed by atoms with E-state index in [9.17, 15) is 4.79 Å². The molecule has 2 N–H and O–H groups in total. The third kappa shape index (κ3) is 3.13. The number of aromatic nitrogens is 5. The van der Waals surface area contributed by atoms with Crippen LogP contribution in [0.15, 0.2) is 9.68 Å². The van der Waals surface area contributed by atoms with E-state index in [4.69, 9.17) is 10.3 Å². The second-order valence-corrected chi connectivity index (χ2v) is 6.64. The fraction of sp³-hybridized carbons (Fsp3) is 0.615. The summed E-state index contributed by atoms with van der Waals surface area (Å²) in [6.45, 7) is 4.02. The van der Waals surface area contributed by atoms with Gasteiger partial charge in [0.25, 0.3) is 0 Å². The van der Waals surface area contributed by atoms with Gasteiger partial charge in [-0.25, -0.2) is 0 Å². The van der Waals surface area contributed by atoms with E-state index in [0.29, 0.717) is 22.8 Å². The zero-order chi connectivity index (χ0) is 15.7. The number of aryl methyl sites for hydroxylation is 1. The lowest BCUT2D eigenvalue weighted by molar-refractivity contribution is -0.118. The highest BCUT2D eigenvalue weighted by molar-refractivity contribution is 7.99. The first-order valence-electron chi connectivity index (χ1n) is 7.29. The zero-order valence-electron chi connectivity index (χ0n) is 12.5. The zero-order valence-corrected chi connectivity index (χ0v) is 13.3. The number of primary amides is 1. The van der Waals surface area contributed by atoms with Crippen LogP contribution in [0.3, 0.4) is 0 Å². The van der Waals surface area contributed by atoms with Crippen LogP contribution in [0.2, 0.25) is 0 Å². The van der Waals surface area contributed by atoms with Gasteiger partial charge in [-0.05, 0) is 19.8 Å². The summed E-state index contributed by atoms with van der Waals surface area (Å²) in [6, 6.07) is 0. The van der Waals surface area contributed by atoms with Crippen molar-refractivity contribution in [1.82, 2.24) is 24.9 Å². The molecule has 0 spiro atoms. The quantitative estimate of drug-likeness (QED) is 0.767. The number of thioether (sulfide) groups is 1. The minimum absolute atomic E-state index is 0.0734. The molecule has 0 aromatic carbocycles. The molecule has 0 radical (unpaired) electrons. The Morgan fingerprint density at radius 3 is 2.86 bits per heavy atom. The normalized spacial score (nSPS) is 15.9. The predicted octanol–water partition coefficient (Wildman–Crippen LogP) is 1.44. The van der Waals surface area contributed by atoms with Crippen LogP contribution in [0.25, 0.3) is 0 Å². The fourth-order valence-electron chi connectivity index (χ4n) is 2.12. The second-order valence-electron chi connectivity index (χ2n) is 5.33. The number of nitrogens with zero attached hydrogens (tertiary/aromatic N) is 5. The van der Waals surface area contributed by atoms with Crippen molar-refractivity contribution in [1.29, 1.82) is 0 Å². The summed E-state index contributed by atoms with van der Waals surface area (Å²) in [5, 5.41) is 12.9. The van der Waals surface area contributed by atoms with Gasteiger partial charge in [0.1, 0.15) is 12.4 Å². The number of hydrogen-bond donors (Lipinski definition) is 1. The van der Waals surface area contributed by atoms with E-state index in [1.54, 1.807) is 4.57 Å². The lowest BCUT2D eigenvalue weighted by Gasteiger charge is -2.09.